The van der Waals surface area contributed by atoms with E-state index in [-0.39, 0.29) is 11.4 Å². The highest BCUT2D eigenvalue weighted by atomic mass is 16.2. The smallest absolute Gasteiger partial charge is 0.223 e. The molecule has 1 aromatic heterocycles. The van der Waals surface area contributed by atoms with Crippen LogP contribution in [0.15, 0.2) is 12.4 Å². The first-order chi connectivity index (χ1) is 10.2. The Balaban J connectivity index is 2.03. The van der Waals surface area contributed by atoms with Gasteiger partial charge in [0.15, 0.2) is 0 Å². The minimum Gasteiger partial charge on any atom is -0.363 e. The summed E-state index contributed by atoms with van der Waals surface area (Å²) in [6.07, 6.45) is 2.20. The molecule has 1 atom stereocenters. The Bertz CT molecular complexity index is 538. The second-order valence-electron chi connectivity index (χ2n) is 7.25. The van der Waals surface area contributed by atoms with Gasteiger partial charge in [0.1, 0.15) is 18.0 Å². The topological polar surface area (TPSA) is 52.6 Å². The lowest BCUT2D eigenvalue weighted by Crippen LogP contribution is -2.42. The minimum atomic E-state index is -0.0998. The van der Waals surface area contributed by atoms with E-state index in [0.717, 1.165) is 24.7 Å². The summed E-state index contributed by atoms with van der Waals surface area (Å²) in [4.78, 5) is 26.8. The number of amides is 1. The van der Waals surface area contributed by atoms with E-state index in [1.54, 1.807) is 6.33 Å². The molecular formula is C16H27N5O. The molecule has 1 aromatic rings. The van der Waals surface area contributed by atoms with Crippen molar-refractivity contribution in [1.29, 1.82) is 0 Å². The predicted molar refractivity (Wildman–Crippen MR) is 89.2 cm³/mol. The van der Waals surface area contributed by atoms with Crippen LogP contribution < -0.4 is 9.80 Å². The molecule has 0 N–H and O–H groups in total. The first-order valence-corrected chi connectivity index (χ1v) is 7.69. The molecule has 2 heterocycles. The van der Waals surface area contributed by atoms with Crippen LogP contribution in [0, 0.1) is 5.92 Å². The number of nitrogens with zero attached hydrogens (tertiary/aromatic N) is 5. The molecule has 0 aliphatic carbocycles. The molecule has 22 heavy (non-hydrogen) atoms. The summed E-state index contributed by atoms with van der Waals surface area (Å²) in [6.45, 7) is 7.90. The number of carbonyl (C=O) groups is 1. The van der Waals surface area contributed by atoms with Gasteiger partial charge in [-0.15, -0.1) is 0 Å². The van der Waals surface area contributed by atoms with Gasteiger partial charge in [-0.05, 0) is 20.8 Å². The molecule has 0 aromatic carbocycles. The van der Waals surface area contributed by atoms with Crippen LogP contribution in [0.3, 0.4) is 0 Å². The SMILES string of the molecule is CN(C)c1cc(N(C)C[C@@H]2CC(=O)N(C(C)(C)C)C2)ncn1. The standard InChI is InChI=1S/C16H27N5O/c1-16(2,3)21-10-12(7-15(21)22)9-20(6)14-8-13(19(4)5)17-11-18-14/h8,11-12H,7,9-10H2,1-6H3/t12-/m0/s1. The quantitative estimate of drug-likeness (QED) is 0.846. The van der Waals surface area contributed by atoms with Crippen molar-refractivity contribution in [1.82, 2.24) is 14.9 Å². The normalized spacial score (nSPS) is 18.7. The second-order valence-corrected chi connectivity index (χ2v) is 7.25. The Morgan fingerprint density at radius 1 is 1.23 bits per heavy atom. The van der Waals surface area contributed by atoms with Gasteiger partial charge in [-0.3, -0.25) is 4.79 Å². The molecular weight excluding hydrogens is 278 g/mol. The number of hydrogen-bond acceptors (Lipinski definition) is 5. The van der Waals surface area contributed by atoms with Gasteiger partial charge in [0, 0.05) is 58.2 Å². The number of likely N-dealkylation sites (tertiary alicyclic amines) is 1. The third kappa shape index (κ3) is 3.67. The van der Waals surface area contributed by atoms with Crippen molar-refractivity contribution >= 4 is 17.5 Å². The van der Waals surface area contributed by atoms with Crippen LogP contribution in [0.2, 0.25) is 0 Å². The van der Waals surface area contributed by atoms with E-state index in [1.807, 2.05) is 37.0 Å². The summed E-state index contributed by atoms with van der Waals surface area (Å²) in [5.74, 6) is 2.37. The van der Waals surface area contributed by atoms with E-state index in [4.69, 9.17) is 0 Å². The van der Waals surface area contributed by atoms with Crippen LogP contribution in [-0.2, 0) is 4.79 Å². The number of anilines is 2. The molecule has 1 fully saturated rings. The maximum Gasteiger partial charge on any atom is 0.223 e. The van der Waals surface area contributed by atoms with E-state index in [9.17, 15) is 4.79 Å². The average Bonchev–Trinajstić information content (AvgIpc) is 2.79. The summed E-state index contributed by atoms with van der Waals surface area (Å²) < 4.78 is 0. The fourth-order valence-electron chi connectivity index (χ4n) is 2.82. The Hall–Kier alpha value is -1.85. The van der Waals surface area contributed by atoms with Crippen LogP contribution in [0.1, 0.15) is 27.2 Å². The van der Waals surface area contributed by atoms with Gasteiger partial charge < -0.3 is 14.7 Å². The van der Waals surface area contributed by atoms with E-state index in [2.05, 4.69) is 35.6 Å². The third-order valence-electron chi connectivity index (χ3n) is 4.03. The Labute approximate surface area is 133 Å². The van der Waals surface area contributed by atoms with Crippen LogP contribution >= 0.6 is 0 Å². The number of rotatable bonds is 4. The highest BCUT2D eigenvalue weighted by molar-refractivity contribution is 5.79. The van der Waals surface area contributed by atoms with Crippen molar-refractivity contribution in [2.75, 3.05) is 44.0 Å². The first-order valence-electron chi connectivity index (χ1n) is 7.69. The lowest BCUT2D eigenvalue weighted by Gasteiger charge is -2.32. The zero-order valence-electron chi connectivity index (χ0n) is 14.5. The van der Waals surface area contributed by atoms with Crippen molar-refractivity contribution in [3.8, 4) is 0 Å². The number of carbonyl (C=O) groups excluding carboxylic acids is 1. The number of hydrogen-bond donors (Lipinski definition) is 0. The zero-order valence-corrected chi connectivity index (χ0v) is 14.5. The predicted octanol–water partition coefficient (Wildman–Crippen LogP) is 1.63. The summed E-state index contributed by atoms with van der Waals surface area (Å²) in [7, 11) is 5.94. The van der Waals surface area contributed by atoms with Crippen molar-refractivity contribution < 1.29 is 4.79 Å². The van der Waals surface area contributed by atoms with Gasteiger partial charge in [-0.25, -0.2) is 9.97 Å². The third-order valence-corrected chi connectivity index (χ3v) is 4.03. The second kappa shape index (κ2) is 6.10. The molecule has 0 unspecified atom stereocenters. The van der Waals surface area contributed by atoms with Gasteiger partial charge in [0.2, 0.25) is 5.91 Å². The molecule has 1 aliphatic rings. The van der Waals surface area contributed by atoms with Crippen molar-refractivity contribution in [3.63, 3.8) is 0 Å². The lowest BCUT2D eigenvalue weighted by atomic mass is 10.1. The minimum absolute atomic E-state index is 0.0998. The molecule has 0 saturated carbocycles. The molecule has 2 rings (SSSR count). The van der Waals surface area contributed by atoms with E-state index in [1.165, 1.54) is 0 Å². The van der Waals surface area contributed by atoms with E-state index >= 15 is 0 Å². The highest BCUT2D eigenvalue weighted by Gasteiger charge is 2.36. The van der Waals surface area contributed by atoms with E-state index in [0.29, 0.717) is 12.3 Å². The van der Waals surface area contributed by atoms with Gasteiger partial charge in [0.25, 0.3) is 0 Å². The highest BCUT2D eigenvalue weighted by Crippen LogP contribution is 2.27. The molecule has 0 bridgehead atoms. The molecule has 0 spiro atoms. The molecule has 1 aliphatic heterocycles. The Morgan fingerprint density at radius 3 is 2.41 bits per heavy atom. The monoisotopic (exact) mass is 305 g/mol. The van der Waals surface area contributed by atoms with E-state index < -0.39 is 0 Å². The fourth-order valence-corrected chi connectivity index (χ4v) is 2.82. The fraction of sp³-hybridized carbons (Fsp3) is 0.688. The lowest BCUT2D eigenvalue weighted by molar-refractivity contribution is -0.131. The summed E-state index contributed by atoms with van der Waals surface area (Å²) in [5.41, 5.74) is -0.0998. The largest absolute Gasteiger partial charge is 0.363 e. The zero-order chi connectivity index (χ0) is 16.5. The molecule has 6 heteroatoms. The maximum absolute atomic E-state index is 12.2. The van der Waals surface area contributed by atoms with Gasteiger partial charge in [0.05, 0.1) is 0 Å². The van der Waals surface area contributed by atoms with Crippen LogP contribution in [0.4, 0.5) is 11.6 Å². The Kier molecular flexibility index (Phi) is 4.58. The summed E-state index contributed by atoms with van der Waals surface area (Å²) in [5, 5.41) is 0. The van der Waals surface area contributed by atoms with Gasteiger partial charge in [-0.2, -0.15) is 0 Å². The molecule has 1 saturated heterocycles. The van der Waals surface area contributed by atoms with Crippen LogP contribution in [0.25, 0.3) is 0 Å². The van der Waals surface area contributed by atoms with Crippen molar-refractivity contribution in [2.24, 2.45) is 5.92 Å². The van der Waals surface area contributed by atoms with Crippen LogP contribution in [0.5, 0.6) is 0 Å². The summed E-state index contributed by atoms with van der Waals surface area (Å²) >= 11 is 0. The molecule has 0 radical (unpaired) electrons. The molecule has 1 amide bonds. The van der Waals surface area contributed by atoms with Gasteiger partial charge in [-0.1, -0.05) is 0 Å². The summed E-state index contributed by atoms with van der Waals surface area (Å²) in [6, 6.07) is 1.97. The molecule has 122 valence electrons. The maximum atomic E-state index is 12.2. The first kappa shape index (κ1) is 16.5. The van der Waals surface area contributed by atoms with Crippen molar-refractivity contribution in [3.05, 3.63) is 12.4 Å². The average molecular weight is 305 g/mol. The Morgan fingerprint density at radius 2 is 1.86 bits per heavy atom. The molecule has 6 nitrogen and oxygen atoms in total. The van der Waals surface area contributed by atoms with Crippen LogP contribution in [-0.4, -0.2) is 60.5 Å². The van der Waals surface area contributed by atoms with Crippen molar-refractivity contribution in [2.45, 2.75) is 32.7 Å². The van der Waals surface area contributed by atoms with Gasteiger partial charge >= 0.3 is 0 Å². The number of aromatic nitrogens is 2.